The van der Waals surface area contributed by atoms with Gasteiger partial charge in [0.1, 0.15) is 11.8 Å². The Morgan fingerprint density at radius 2 is 1.82 bits per heavy atom. The number of esters is 1. The number of piperidine rings is 1. The molecule has 0 aromatic heterocycles. The summed E-state index contributed by atoms with van der Waals surface area (Å²) in [5.74, 6) is -1.18. The maximum Gasteiger partial charge on any atom is 0.419 e. The van der Waals surface area contributed by atoms with Crippen molar-refractivity contribution >= 4 is 5.97 Å². The Kier molecular flexibility index (Phi) is 5.71. The highest BCUT2D eigenvalue weighted by molar-refractivity contribution is 5.79. The highest BCUT2D eigenvalue weighted by Gasteiger charge is 2.36. The number of nitriles is 1. The maximum atomic E-state index is 13.4. The number of ether oxygens (including phenoxy) is 1. The van der Waals surface area contributed by atoms with Gasteiger partial charge in [-0.1, -0.05) is 24.6 Å². The molecule has 4 nitrogen and oxygen atoms in total. The van der Waals surface area contributed by atoms with E-state index in [0.717, 1.165) is 18.9 Å². The van der Waals surface area contributed by atoms with Crippen molar-refractivity contribution in [1.29, 1.82) is 5.26 Å². The third-order valence-electron chi connectivity index (χ3n) is 4.89. The van der Waals surface area contributed by atoms with Gasteiger partial charge in [0.15, 0.2) is 0 Å². The molecule has 0 saturated carbocycles. The summed E-state index contributed by atoms with van der Waals surface area (Å²) in [7, 11) is 1.77. The number of alkyl halides is 3. The topological polar surface area (TPSA) is 53.3 Å². The van der Waals surface area contributed by atoms with Gasteiger partial charge in [-0.3, -0.25) is 4.90 Å². The monoisotopic (exact) mass is 388 g/mol. The molecule has 1 aliphatic heterocycles. The van der Waals surface area contributed by atoms with E-state index in [1.165, 1.54) is 12.1 Å². The summed E-state index contributed by atoms with van der Waals surface area (Å²) in [4.78, 5) is 14.3. The molecule has 146 valence electrons. The Labute approximate surface area is 161 Å². The number of nitrogens with zero attached hydrogens (tertiary/aromatic N) is 2. The smallest absolute Gasteiger partial charge is 0.419 e. The first-order valence-electron chi connectivity index (χ1n) is 8.93. The van der Waals surface area contributed by atoms with Crippen molar-refractivity contribution in [3.8, 4) is 22.9 Å². The third kappa shape index (κ3) is 4.34. The van der Waals surface area contributed by atoms with Crippen LogP contribution in [0.4, 0.5) is 13.2 Å². The van der Waals surface area contributed by atoms with Crippen LogP contribution in [0.2, 0.25) is 0 Å². The molecule has 0 unspecified atom stereocenters. The predicted molar refractivity (Wildman–Crippen MR) is 97.5 cm³/mol. The first kappa shape index (κ1) is 19.9. The van der Waals surface area contributed by atoms with Gasteiger partial charge in [0, 0.05) is 0 Å². The molecule has 0 amide bonds. The summed E-state index contributed by atoms with van der Waals surface area (Å²) in [6.45, 7) is 0.706. The Morgan fingerprint density at radius 1 is 1.14 bits per heavy atom. The van der Waals surface area contributed by atoms with E-state index >= 15 is 0 Å². The number of likely N-dealkylation sites (N-methyl/N-ethyl adjacent to an activating group) is 1. The van der Waals surface area contributed by atoms with Crippen molar-refractivity contribution in [3.63, 3.8) is 0 Å². The van der Waals surface area contributed by atoms with E-state index < -0.39 is 29.5 Å². The quantitative estimate of drug-likeness (QED) is 0.568. The van der Waals surface area contributed by atoms with E-state index in [1.807, 2.05) is 11.0 Å². The third-order valence-corrected chi connectivity index (χ3v) is 4.89. The van der Waals surface area contributed by atoms with Crippen LogP contribution in [-0.4, -0.2) is 30.5 Å². The van der Waals surface area contributed by atoms with E-state index in [1.54, 1.807) is 31.3 Å². The van der Waals surface area contributed by atoms with Crippen LogP contribution in [0.5, 0.6) is 5.75 Å². The average Bonchev–Trinajstić information content (AvgIpc) is 2.67. The van der Waals surface area contributed by atoms with Crippen molar-refractivity contribution in [2.75, 3.05) is 13.6 Å². The number of carbonyl (C=O) groups is 1. The van der Waals surface area contributed by atoms with Crippen LogP contribution >= 0.6 is 0 Å². The Hall–Kier alpha value is -2.85. The van der Waals surface area contributed by atoms with Gasteiger partial charge in [-0.2, -0.15) is 18.4 Å². The predicted octanol–water partition coefficient (Wildman–Crippen LogP) is 4.63. The molecule has 1 fully saturated rings. The molecule has 0 radical (unpaired) electrons. The van der Waals surface area contributed by atoms with Gasteiger partial charge in [-0.15, -0.1) is 0 Å². The maximum absolute atomic E-state index is 13.4. The Balaban J connectivity index is 1.94. The van der Waals surface area contributed by atoms with E-state index in [2.05, 4.69) is 0 Å². The zero-order valence-corrected chi connectivity index (χ0v) is 15.3. The van der Waals surface area contributed by atoms with Gasteiger partial charge < -0.3 is 4.74 Å². The van der Waals surface area contributed by atoms with E-state index in [0.29, 0.717) is 29.7 Å². The van der Waals surface area contributed by atoms with Crippen molar-refractivity contribution in [3.05, 3.63) is 53.6 Å². The fourth-order valence-electron chi connectivity index (χ4n) is 3.31. The molecule has 0 N–H and O–H groups in total. The fourth-order valence-corrected chi connectivity index (χ4v) is 3.31. The second kappa shape index (κ2) is 8.03. The summed E-state index contributed by atoms with van der Waals surface area (Å²) >= 11 is 0. The zero-order valence-electron chi connectivity index (χ0n) is 15.3. The summed E-state index contributed by atoms with van der Waals surface area (Å²) in [6, 6.07) is 11.4. The minimum absolute atomic E-state index is 0.447. The van der Waals surface area contributed by atoms with E-state index in [-0.39, 0.29) is 0 Å². The fraction of sp³-hybridized carbons (Fsp3) is 0.333. The SMILES string of the molecule is CN1CCCC[C@H]1C(=O)Oc1cc(-c2ccc(C#N)cc2)ccc1C(F)(F)F. The lowest BCUT2D eigenvalue weighted by atomic mass is 10.0. The number of hydrogen-bond acceptors (Lipinski definition) is 4. The van der Waals surface area contributed by atoms with Crippen LogP contribution in [0, 0.1) is 11.3 Å². The number of halogens is 3. The van der Waals surface area contributed by atoms with Crippen LogP contribution in [0.15, 0.2) is 42.5 Å². The molecule has 0 aliphatic carbocycles. The van der Waals surface area contributed by atoms with Gasteiger partial charge in [0.25, 0.3) is 0 Å². The minimum Gasteiger partial charge on any atom is -0.425 e. The lowest BCUT2D eigenvalue weighted by Crippen LogP contribution is -2.44. The number of rotatable bonds is 3. The lowest BCUT2D eigenvalue weighted by Gasteiger charge is -2.30. The van der Waals surface area contributed by atoms with Crippen LogP contribution in [-0.2, 0) is 11.0 Å². The Morgan fingerprint density at radius 3 is 2.43 bits per heavy atom. The largest absolute Gasteiger partial charge is 0.425 e. The normalized spacial score (nSPS) is 17.8. The molecule has 1 saturated heterocycles. The van der Waals surface area contributed by atoms with Crippen LogP contribution in [0.3, 0.4) is 0 Å². The molecule has 7 heteroatoms. The highest BCUT2D eigenvalue weighted by Crippen LogP contribution is 2.39. The Bertz CT molecular complexity index is 901. The summed E-state index contributed by atoms with van der Waals surface area (Å²) in [5, 5.41) is 8.88. The summed E-state index contributed by atoms with van der Waals surface area (Å²) in [6.07, 6.45) is -2.30. The molecule has 1 heterocycles. The molecule has 0 spiro atoms. The van der Waals surface area contributed by atoms with Crippen LogP contribution in [0.1, 0.15) is 30.4 Å². The van der Waals surface area contributed by atoms with Gasteiger partial charge in [0.2, 0.25) is 0 Å². The zero-order chi connectivity index (χ0) is 20.3. The lowest BCUT2D eigenvalue weighted by molar-refractivity contribution is -0.145. The highest BCUT2D eigenvalue weighted by atomic mass is 19.4. The standard InChI is InChI=1S/C21H19F3N2O2/c1-26-11-3-2-4-18(26)20(27)28-19-12-16(9-10-17(19)21(22,23)24)15-7-5-14(13-25)6-8-15/h5-10,12,18H,2-4,11H2,1H3/t18-/m0/s1. The molecule has 2 aromatic rings. The molecule has 0 bridgehead atoms. The first-order chi connectivity index (χ1) is 13.3. The first-order valence-corrected chi connectivity index (χ1v) is 8.93. The molecular formula is C21H19F3N2O2. The van der Waals surface area contributed by atoms with Crippen LogP contribution < -0.4 is 4.74 Å². The van der Waals surface area contributed by atoms with Crippen molar-refractivity contribution in [2.24, 2.45) is 0 Å². The van der Waals surface area contributed by atoms with Gasteiger partial charge in [-0.05, 0) is 61.8 Å². The molecule has 28 heavy (non-hydrogen) atoms. The average molecular weight is 388 g/mol. The van der Waals surface area contributed by atoms with E-state index in [9.17, 15) is 18.0 Å². The van der Waals surface area contributed by atoms with Crippen LogP contribution in [0.25, 0.3) is 11.1 Å². The summed E-state index contributed by atoms with van der Waals surface area (Å²) < 4.78 is 45.5. The van der Waals surface area contributed by atoms with Crippen molar-refractivity contribution in [2.45, 2.75) is 31.5 Å². The molecule has 2 aromatic carbocycles. The molecule has 1 atom stereocenters. The minimum atomic E-state index is -4.64. The van der Waals surface area contributed by atoms with Crippen molar-refractivity contribution < 1.29 is 22.7 Å². The number of hydrogen-bond donors (Lipinski definition) is 0. The second-order valence-electron chi connectivity index (χ2n) is 6.81. The van der Waals surface area contributed by atoms with Gasteiger partial charge in [0.05, 0.1) is 17.2 Å². The second-order valence-corrected chi connectivity index (χ2v) is 6.81. The van der Waals surface area contributed by atoms with E-state index in [4.69, 9.17) is 10.00 Å². The number of likely N-dealkylation sites (tertiary alicyclic amines) is 1. The summed E-state index contributed by atoms with van der Waals surface area (Å²) in [5.41, 5.74) is 0.552. The number of benzene rings is 2. The molecule has 1 aliphatic rings. The molecule has 3 rings (SSSR count). The number of carbonyl (C=O) groups excluding carboxylic acids is 1. The van der Waals surface area contributed by atoms with Gasteiger partial charge in [-0.25, -0.2) is 4.79 Å². The molecular weight excluding hydrogens is 369 g/mol. The van der Waals surface area contributed by atoms with Gasteiger partial charge >= 0.3 is 12.1 Å². The van der Waals surface area contributed by atoms with Crippen molar-refractivity contribution in [1.82, 2.24) is 4.90 Å².